The zero-order valence-electron chi connectivity index (χ0n) is 21.7. The maximum absolute atomic E-state index is 3.58. The van der Waals surface area contributed by atoms with E-state index in [2.05, 4.69) is 153 Å². The van der Waals surface area contributed by atoms with Crippen LogP contribution in [-0.4, -0.2) is 0 Å². The summed E-state index contributed by atoms with van der Waals surface area (Å²) in [6.45, 7) is 4.71. The monoisotopic (exact) mass is 487 g/mol. The fraction of sp³-hybridized carbons (Fsp3) is 0.0811. The number of anilines is 2. The van der Waals surface area contributed by atoms with Crippen LogP contribution in [0.3, 0.4) is 0 Å². The minimum Gasteiger partial charge on any atom is -0.356 e. The minimum absolute atomic E-state index is 0.0318. The summed E-state index contributed by atoms with van der Waals surface area (Å²) in [6.07, 6.45) is 0. The molecule has 0 radical (unpaired) electrons. The summed E-state index contributed by atoms with van der Waals surface area (Å²) in [5.74, 6) is 0. The molecule has 6 aromatic rings. The van der Waals surface area contributed by atoms with E-state index in [1.165, 1.54) is 55.3 Å². The van der Waals surface area contributed by atoms with Crippen LogP contribution in [0.2, 0.25) is 0 Å². The summed E-state index contributed by atoms with van der Waals surface area (Å²) in [4.78, 5) is 0. The molecule has 0 bridgehead atoms. The fourth-order valence-corrected chi connectivity index (χ4v) is 5.92. The molecule has 182 valence electrons. The molecular weight excluding hydrogens is 458 g/mol. The Morgan fingerprint density at radius 2 is 1.03 bits per heavy atom. The van der Waals surface area contributed by atoms with Crippen molar-refractivity contribution in [3.05, 3.63) is 145 Å². The molecule has 0 aromatic heterocycles. The zero-order valence-corrected chi connectivity index (χ0v) is 21.7. The van der Waals surface area contributed by atoms with Crippen LogP contribution < -0.4 is 5.32 Å². The first-order valence-electron chi connectivity index (χ1n) is 13.3. The van der Waals surface area contributed by atoms with Gasteiger partial charge in [0.15, 0.2) is 0 Å². The first-order chi connectivity index (χ1) is 18.6. The molecule has 0 unspecified atom stereocenters. The van der Waals surface area contributed by atoms with Crippen molar-refractivity contribution in [1.29, 1.82) is 0 Å². The second-order valence-electron chi connectivity index (χ2n) is 10.8. The molecule has 0 fully saturated rings. The lowest BCUT2D eigenvalue weighted by atomic mass is 9.81. The van der Waals surface area contributed by atoms with Crippen LogP contribution in [0.1, 0.15) is 25.0 Å². The van der Waals surface area contributed by atoms with E-state index in [4.69, 9.17) is 0 Å². The van der Waals surface area contributed by atoms with Crippen LogP contribution in [0.25, 0.3) is 44.2 Å². The molecule has 38 heavy (non-hydrogen) atoms. The van der Waals surface area contributed by atoms with Crippen molar-refractivity contribution in [3.8, 4) is 33.4 Å². The standard InChI is InChI=1S/C37H29N/c1-37(2)35-24-30(17-20-33(35)34-22-28-11-6-7-12-29(28)23-36(34)37)26-15-18-31(19-16-26)38-32-14-8-13-27(21-32)25-9-4-3-5-10-25/h3-24,38H,1-2H3. The van der Waals surface area contributed by atoms with Crippen molar-refractivity contribution < 1.29 is 0 Å². The van der Waals surface area contributed by atoms with Crippen molar-refractivity contribution in [2.75, 3.05) is 5.32 Å². The normalized spacial score (nSPS) is 13.2. The molecule has 1 nitrogen and oxygen atoms in total. The molecule has 6 aromatic carbocycles. The molecule has 1 aliphatic rings. The average molecular weight is 488 g/mol. The minimum atomic E-state index is -0.0318. The topological polar surface area (TPSA) is 12.0 Å². The number of rotatable bonds is 4. The van der Waals surface area contributed by atoms with E-state index >= 15 is 0 Å². The summed E-state index contributed by atoms with van der Waals surface area (Å²) < 4.78 is 0. The second-order valence-corrected chi connectivity index (χ2v) is 10.8. The van der Waals surface area contributed by atoms with Gasteiger partial charge >= 0.3 is 0 Å². The van der Waals surface area contributed by atoms with Crippen molar-refractivity contribution >= 4 is 22.1 Å². The van der Waals surface area contributed by atoms with Gasteiger partial charge in [0.05, 0.1) is 0 Å². The highest BCUT2D eigenvalue weighted by atomic mass is 14.9. The van der Waals surface area contributed by atoms with Crippen molar-refractivity contribution in [2.45, 2.75) is 19.3 Å². The molecule has 0 saturated carbocycles. The molecular formula is C37H29N. The highest BCUT2D eigenvalue weighted by molar-refractivity contribution is 5.94. The van der Waals surface area contributed by atoms with E-state index in [1.807, 2.05) is 0 Å². The third kappa shape index (κ3) is 3.79. The van der Waals surface area contributed by atoms with Crippen LogP contribution >= 0.6 is 0 Å². The predicted octanol–water partition coefficient (Wildman–Crippen LogP) is 10.2. The van der Waals surface area contributed by atoms with Crippen LogP contribution in [0.5, 0.6) is 0 Å². The molecule has 1 heteroatoms. The summed E-state index contributed by atoms with van der Waals surface area (Å²) in [6, 6.07) is 48.3. The van der Waals surface area contributed by atoms with Crippen LogP contribution in [0.4, 0.5) is 11.4 Å². The summed E-state index contributed by atoms with van der Waals surface area (Å²) in [7, 11) is 0. The van der Waals surface area contributed by atoms with Gasteiger partial charge in [0.1, 0.15) is 0 Å². The Morgan fingerprint density at radius 3 is 1.82 bits per heavy atom. The fourth-order valence-electron chi connectivity index (χ4n) is 5.92. The second kappa shape index (κ2) is 8.75. The van der Waals surface area contributed by atoms with Gasteiger partial charge in [-0.2, -0.15) is 0 Å². The van der Waals surface area contributed by atoms with Gasteiger partial charge in [-0.25, -0.2) is 0 Å². The Balaban J connectivity index is 1.18. The number of benzene rings is 6. The van der Waals surface area contributed by atoms with Gasteiger partial charge in [0.25, 0.3) is 0 Å². The number of hydrogen-bond acceptors (Lipinski definition) is 1. The SMILES string of the molecule is CC1(C)c2cc(-c3ccc(Nc4cccc(-c5ccccc5)c4)cc3)ccc2-c2cc3ccccc3cc21. The predicted molar refractivity (Wildman–Crippen MR) is 162 cm³/mol. The van der Waals surface area contributed by atoms with E-state index in [1.54, 1.807) is 0 Å². The van der Waals surface area contributed by atoms with Crippen molar-refractivity contribution in [3.63, 3.8) is 0 Å². The van der Waals surface area contributed by atoms with Gasteiger partial charge < -0.3 is 5.32 Å². The molecule has 0 amide bonds. The summed E-state index contributed by atoms with van der Waals surface area (Å²) >= 11 is 0. The highest BCUT2D eigenvalue weighted by Gasteiger charge is 2.35. The van der Waals surface area contributed by atoms with Crippen molar-refractivity contribution in [1.82, 2.24) is 0 Å². The third-order valence-electron chi connectivity index (χ3n) is 8.02. The number of fused-ring (bicyclic) bond motifs is 4. The maximum Gasteiger partial charge on any atom is 0.0390 e. The maximum atomic E-state index is 3.58. The van der Waals surface area contributed by atoms with Gasteiger partial charge in [0, 0.05) is 16.8 Å². The Bertz CT molecular complexity index is 1790. The Labute approximate surface area is 224 Å². The van der Waals surface area contributed by atoms with Gasteiger partial charge in [0.2, 0.25) is 0 Å². The highest BCUT2D eigenvalue weighted by Crippen LogP contribution is 2.50. The third-order valence-corrected chi connectivity index (χ3v) is 8.02. The van der Waals surface area contributed by atoms with E-state index in [9.17, 15) is 0 Å². The lowest BCUT2D eigenvalue weighted by Gasteiger charge is -2.22. The Kier molecular flexibility index (Phi) is 5.19. The van der Waals surface area contributed by atoms with E-state index < -0.39 is 0 Å². The van der Waals surface area contributed by atoms with Gasteiger partial charge in [-0.3, -0.25) is 0 Å². The smallest absolute Gasteiger partial charge is 0.0390 e. The van der Waals surface area contributed by atoms with Crippen LogP contribution in [0.15, 0.2) is 133 Å². The number of hydrogen-bond donors (Lipinski definition) is 1. The molecule has 1 aliphatic carbocycles. The van der Waals surface area contributed by atoms with E-state index in [0.717, 1.165) is 11.4 Å². The average Bonchev–Trinajstić information content (AvgIpc) is 3.18. The van der Waals surface area contributed by atoms with Gasteiger partial charge in [-0.05, 0) is 97.7 Å². The molecule has 0 spiro atoms. The Morgan fingerprint density at radius 1 is 0.421 bits per heavy atom. The van der Waals surface area contributed by atoms with Crippen molar-refractivity contribution in [2.24, 2.45) is 0 Å². The first-order valence-corrected chi connectivity index (χ1v) is 13.3. The molecule has 0 aliphatic heterocycles. The van der Waals surface area contributed by atoms with Crippen LogP contribution in [-0.2, 0) is 5.41 Å². The molecule has 0 heterocycles. The van der Waals surface area contributed by atoms with Gasteiger partial charge in [-0.15, -0.1) is 0 Å². The summed E-state index contributed by atoms with van der Waals surface area (Å²) in [5, 5.41) is 6.19. The molecule has 0 atom stereocenters. The van der Waals surface area contributed by atoms with Crippen LogP contribution in [0, 0.1) is 0 Å². The lowest BCUT2D eigenvalue weighted by molar-refractivity contribution is 0.661. The molecule has 1 N–H and O–H groups in total. The quantitative estimate of drug-likeness (QED) is 0.261. The lowest BCUT2D eigenvalue weighted by Crippen LogP contribution is -2.15. The van der Waals surface area contributed by atoms with Gasteiger partial charge in [-0.1, -0.05) is 105 Å². The molecule has 0 saturated heterocycles. The first kappa shape index (κ1) is 22.6. The summed E-state index contributed by atoms with van der Waals surface area (Å²) in [5.41, 5.74) is 12.6. The number of nitrogens with one attached hydrogen (secondary N) is 1. The largest absolute Gasteiger partial charge is 0.356 e. The zero-order chi connectivity index (χ0) is 25.7. The van der Waals surface area contributed by atoms with E-state index in [0.29, 0.717) is 0 Å². The molecule has 7 rings (SSSR count). The van der Waals surface area contributed by atoms with E-state index in [-0.39, 0.29) is 5.41 Å². The Hall–Kier alpha value is -4.62.